The number of aryl methyl sites for hydroxylation is 4. The molecule has 2 heterocycles. The van der Waals surface area contributed by atoms with Gasteiger partial charge in [-0.3, -0.25) is 9.67 Å². The molecule has 4 heteroatoms. The van der Waals surface area contributed by atoms with Crippen molar-refractivity contribution in [3.8, 4) is 0 Å². The third-order valence-corrected chi connectivity index (χ3v) is 3.03. The molecule has 0 aromatic carbocycles. The van der Waals surface area contributed by atoms with Gasteiger partial charge in [0.2, 0.25) is 0 Å². The van der Waals surface area contributed by atoms with Crippen molar-refractivity contribution in [1.82, 2.24) is 14.8 Å². The van der Waals surface area contributed by atoms with Crippen LogP contribution < -0.4 is 5.73 Å². The highest BCUT2D eigenvalue weighted by atomic mass is 15.3. The second-order valence-corrected chi connectivity index (χ2v) is 4.92. The van der Waals surface area contributed by atoms with Gasteiger partial charge in [-0.2, -0.15) is 5.10 Å². The fourth-order valence-electron chi connectivity index (χ4n) is 2.25. The maximum Gasteiger partial charge on any atom is 0.0596 e. The fourth-order valence-corrected chi connectivity index (χ4v) is 2.25. The first-order valence-electron chi connectivity index (χ1n) is 6.16. The lowest BCUT2D eigenvalue weighted by Crippen LogP contribution is -2.17. The molecule has 0 fully saturated rings. The average molecular weight is 244 g/mol. The normalized spacial score (nSPS) is 12.7. The van der Waals surface area contributed by atoms with Crippen molar-refractivity contribution in [3.63, 3.8) is 0 Å². The summed E-state index contributed by atoms with van der Waals surface area (Å²) in [5.74, 6) is 0. The molecule has 2 N–H and O–H groups in total. The van der Waals surface area contributed by atoms with Crippen LogP contribution in [0.2, 0.25) is 0 Å². The van der Waals surface area contributed by atoms with E-state index < -0.39 is 0 Å². The minimum Gasteiger partial charge on any atom is -0.322 e. The van der Waals surface area contributed by atoms with Gasteiger partial charge in [-0.05, 0) is 44.5 Å². The van der Waals surface area contributed by atoms with E-state index in [0.29, 0.717) is 0 Å². The summed E-state index contributed by atoms with van der Waals surface area (Å²) in [6.45, 7) is 6.06. The van der Waals surface area contributed by atoms with Crippen LogP contribution in [-0.2, 0) is 13.5 Å². The highest BCUT2D eigenvalue weighted by molar-refractivity contribution is 5.23. The van der Waals surface area contributed by atoms with E-state index in [4.69, 9.17) is 5.73 Å². The molecule has 18 heavy (non-hydrogen) atoms. The summed E-state index contributed by atoms with van der Waals surface area (Å²) in [5.41, 5.74) is 11.6. The molecule has 2 rings (SSSR count). The number of rotatable bonds is 3. The van der Waals surface area contributed by atoms with Crippen molar-refractivity contribution in [2.24, 2.45) is 12.8 Å². The van der Waals surface area contributed by atoms with E-state index >= 15 is 0 Å². The molecule has 1 atom stereocenters. The first kappa shape index (κ1) is 12.8. The molecule has 0 aliphatic carbocycles. The van der Waals surface area contributed by atoms with Gasteiger partial charge in [0.25, 0.3) is 0 Å². The van der Waals surface area contributed by atoms with Crippen LogP contribution in [0.5, 0.6) is 0 Å². The largest absolute Gasteiger partial charge is 0.322 e. The molecule has 96 valence electrons. The van der Waals surface area contributed by atoms with Gasteiger partial charge in [0.1, 0.15) is 0 Å². The first-order chi connectivity index (χ1) is 8.45. The predicted molar refractivity (Wildman–Crippen MR) is 72.3 cm³/mol. The monoisotopic (exact) mass is 244 g/mol. The van der Waals surface area contributed by atoms with Crippen LogP contribution in [0.4, 0.5) is 0 Å². The lowest BCUT2D eigenvalue weighted by Gasteiger charge is -2.12. The molecular formula is C14H20N4. The highest BCUT2D eigenvalue weighted by Gasteiger charge is 2.12. The molecule has 0 radical (unpaired) electrons. The van der Waals surface area contributed by atoms with Gasteiger partial charge in [-0.1, -0.05) is 0 Å². The topological polar surface area (TPSA) is 56.7 Å². The molecular weight excluding hydrogens is 224 g/mol. The standard InChI is InChI=1S/C14H20N4/c1-9-5-10(2)16-14(6-9)13(15)8-12-7-11(3)17-18(12)4/h5-7,13H,8,15H2,1-4H3. The third kappa shape index (κ3) is 2.76. The Morgan fingerprint density at radius 3 is 2.44 bits per heavy atom. The molecule has 2 aromatic heterocycles. The zero-order valence-electron chi connectivity index (χ0n) is 11.4. The van der Waals surface area contributed by atoms with Crippen molar-refractivity contribution in [2.75, 3.05) is 0 Å². The zero-order valence-corrected chi connectivity index (χ0v) is 11.4. The van der Waals surface area contributed by atoms with E-state index in [1.807, 2.05) is 25.6 Å². The van der Waals surface area contributed by atoms with E-state index in [1.54, 1.807) is 0 Å². The Labute approximate surface area is 108 Å². The van der Waals surface area contributed by atoms with Gasteiger partial charge in [0.05, 0.1) is 17.4 Å². The van der Waals surface area contributed by atoms with Crippen molar-refractivity contribution in [3.05, 3.63) is 46.5 Å². The van der Waals surface area contributed by atoms with E-state index in [1.165, 1.54) is 5.56 Å². The molecule has 0 saturated carbocycles. The second-order valence-electron chi connectivity index (χ2n) is 4.92. The number of nitrogens with zero attached hydrogens (tertiary/aromatic N) is 3. The summed E-state index contributed by atoms with van der Waals surface area (Å²) in [7, 11) is 1.95. The van der Waals surface area contributed by atoms with Gasteiger partial charge in [-0.15, -0.1) is 0 Å². The minimum atomic E-state index is -0.0848. The average Bonchev–Trinajstić information content (AvgIpc) is 2.56. The number of nitrogens with two attached hydrogens (primary N) is 1. The SMILES string of the molecule is Cc1cc(C)nc(C(N)Cc2cc(C)nn2C)c1. The van der Waals surface area contributed by atoms with Crippen LogP contribution in [0.3, 0.4) is 0 Å². The maximum atomic E-state index is 6.24. The quantitative estimate of drug-likeness (QED) is 0.898. The summed E-state index contributed by atoms with van der Waals surface area (Å²) >= 11 is 0. The van der Waals surface area contributed by atoms with E-state index in [2.05, 4.69) is 35.2 Å². The van der Waals surface area contributed by atoms with Crippen LogP contribution in [0, 0.1) is 20.8 Å². The van der Waals surface area contributed by atoms with Crippen molar-refractivity contribution in [1.29, 1.82) is 0 Å². The summed E-state index contributed by atoms with van der Waals surface area (Å²) in [6, 6.07) is 6.10. The molecule has 0 saturated heterocycles. The smallest absolute Gasteiger partial charge is 0.0596 e. The Morgan fingerprint density at radius 1 is 1.17 bits per heavy atom. The Hall–Kier alpha value is -1.68. The van der Waals surface area contributed by atoms with Gasteiger partial charge in [0.15, 0.2) is 0 Å². The molecule has 2 aromatic rings. The maximum absolute atomic E-state index is 6.24. The predicted octanol–water partition coefficient (Wildman–Crippen LogP) is 1.98. The molecule has 4 nitrogen and oxygen atoms in total. The number of hydrogen-bond donors (Lipinski definition) is 1. The lowest BCUT2D eigenvalue weighted by atomic mass is 10.1. The molecule has 0 aliphatic rings. The van der Waals surface area contributed by atoms with Gasteiger partial charge < -0.3 is 5.73 Å². The van der Waals surface area contributed by atoms with Gasteiger partial charge >= 0.3 is 0 Å². The highest BCUT2D eigenvalue weighted by Crippen LogP contribution is 2.16. The van der Waals surface area contributed by atoms with Crippen molar-refractivity contribution in [2.45, 2.75) is 33.2 Å². The number of aromatic nitrogens is 3. The van der Waals surface area contributed by atoms with Crippen LogP contribution in [0.15, 0.2) is 18.2 Å². The van der Waals surface area contributed by atoms with Crippen molar-refractivity contribution < 1.29 is 0 Å². The first-order valence-corrected chi connectivity index (χ1v) is 6.16. The van der Waals surface area contributed by atoms with Crippen LogP contribution in [0.25, 0.3) is 0 Å². The number of hydrogen-bond acceptors (Lipinski definition) is 3. The summed E-state index contributed by atoms with van der Waals surface area (Å²) in [4.78, 5) is 4.51. The van der Waals surface area contributed by atoms with E-state index in [0.717, 1.165) is 29.2 Å². The summed E-state index contributed by atoms with van der Waals surface area (Å²) in [6.07, 6.45) is 0.757. The van der Waals surface area contributed by atoms with Gasteiger partial charge in [0, 0.05) is 24.9 Å². The Balaban J connectivity index is 2.21. The molecule has 1 unspecified atom stereocenters. The van der Waals surface area contributed by atoms with E-state index in [9.17, 15) is 0 Å². The molecule has 0 aliphatic heterocycles. The van der Waals surface area contributed by atoms with Crippen molar-refractivity contribution >= 4 is 0 Å². The third-order valence-electron chi connectivity index (χ3n) is 3.03. The number of pyridine rings is 1. The van der Waals surface area contributed by atoms with E-state index in [-0.39, 0.29) is 6.04 Å². The van der Waals surface area contributed by atoms with Crippen LogP contribution in [-0.4, -0.2) is 14.8 Å². The fraction of sp³-hybridized carbons (Fsp3) is 0.429. The molecule has 0 spiro atoms. The summed E-state index contributed by atoms with van der Waals surface area (Å²) < 4.78 is 1.89. The zero-order chi connectivity index (χ0) is 13.3. The molecule has 0 bridgehead atoms. The lowest BCUT2D eigenvalue weighted by molar-refractivity contribution is 0.627. The Kier molecular flexibility index (Phi) is 3.48. The molecule has 0 amide bonds. The second kappa shape index (κ2) is 4.90. The Morgan fingerprint density at radius 2 is 1.89 bits per heavy atom. The van der Waals surface area contributed by atoms with Gasteiger partial charge in [-0.25, -0.2) is 0 Å². The summed E-state index contributed by atoms with van der Waals surface area (Å²) in [5, 5.41) is 4.33. The van der Waals surface area contributed by atoms with Crippen LogP contribution in [0.1, 0.15) is 34.4 Å². The Bertz CT molecular complexity index is 537. The van der Waals surface area contributed by atoms with Crippen LogP contribution >= 0.6 is 0 Å². The minimum absolute atomic E-state index is 0.0848.